The molecule has 27 heavy (non-hydrogen) atoms. The maximum absolute atomic E-state index is 12.9. The summed E-state index contributed by atoms with van der Waals surface area (Å²) in [7, 11) is 0. The van der Waals surface area contributed by atoms with Crippen molar-refractivity contribution in [3.63, 3.8) is 0 Å². The molecule has 0 bridgehead atoms. The topological polar surface area (TPSA) is 15.7 Å². The Kier molecular flexibility index (Phi) is 7.51. The molecule has 0 N–H and O–H groups in total. The van der Waals surface area contributed by atoms with Gasteiger partial charge in [0.25, 0.3) is 0 Å². The normalized spacial score (nSPS) is 16.2. The predicted octanol–water partition coefficient (Wildman–Crippen LogP) is 3.81. The first-order chi connectivity index (χ1) is 13.2. The molecular formula is C22H26F2N2O. The maximum Gasteiger partial charge on any atom is 0.123 e. The van der Waals surface area contributed by atoms with E-state index < -0.39 is 0 Å². The van der Waals surface area contributed by atoms with E-state index in [-0.39, 0.29) is 11.6 Å². The van der Waals surface area contributed by atoms with Gasteiger partial charge < -0.3 is 4.74 Å². The van der Waals surface area contributed by atoms with Crippen LogP contribution in [-0.2, 0) is 11.3 Å². The highest BCUT2D eigenvalue weighted by Crippen LogP contribution is 2.07. The van der Waals surface area contributed by atoms with Gasteiger partial charge in [-0.1, -0.05) is 36.4 Å². The molecule has 0 unspecified atom stereocenters. The Morgan fingerprint density at radius 3 is 2.07 bits per heavy atom. The van der Waals surface area contributed by atoms with Crippen LogP contribution in [0.4, 0.5) is 8.78 Å². The van der Waals surface area contributed by atoms with Crippen molar-refractivity contribution in [1.82, 2.24) is 9.80 Å². The Morgan fingerprint density at radius 2 is 1.41 bits per heavy atom. The van der Waals surface area contributed by atoms with E-state index in [1.165, 1.54) is 24.3 Å². The van der Waals surface area contributed by atoms with Crippen LogP contribution in [0.2, 0.25) is 0 Å². The van der Waals surface area contributed by atoms with Crippen molar-refractivity contribution in [1.29, 1.82) is 0 Å². The van der Waals surface area contributed by atoms with Crippen LogP contribution in [0, 0.1) is 11.6 Å². The zero-order chi connectivity index (χ0) is 18.9. The van der Waals surface area contributed by atoms with Crippen LogP contribution >= 0.6 is 0 Å². The van der Waals surface area contributed by atoms with Crippen molar-refractivity contribution in [3.05, 3.63) is 77.4 Å². The fourth-order valence-corrected chi connectivity index (χ4v) is 3.07. The monoisotopic (exact) mass is 372 g/mol. The summed E-state index contributed by atoms with van der Waals surface area (Å²) >= 11 is 0. The van der Waals surface area contributed by atoms with Gasteiger partial charge in [0, 0.05) is 39.3 Å². The standard InChI is InChI=1S/C22H26F2N2O/c23-21-7-3-19(4-8-21)2-1-11-25-12-14-26(15-13-25)16-17-27-18-20-5-9-22(24)10-6-20/h1-10H,11-18H2. The lowest BCUT2D eigenvalue weighted by molar-refractivity contribution is 0.0710. The minimum atomic E-state index is -0.218. The summed E-state index contributed by atoms with van der Waals surface area (Å²) in [6.07, 6.45) is 4.17. The first-order valence-corrected chi connectivity index (χ1v) is 9.38. The second-order valence-electron chi connectivity index (χ2n) is 6.78. The molecule has 0 amide bonds. The van der Waals surface area contributed by atoms with E-state index >= 15 is 0 Å². The molecule has 0 aromatic heterocycles. The van der Waals surface area contributed by atoms with Crippen LogP contribution < -0.4 is 0 Å². The number of piperazine rings is 1. The molecule has 1 saturated heterocycles. The molecule has 2 aromatic carbocycles. The van der Waals surface area contributed by atoms with Gasteiger partial charge in [-0.15, -0.1) is 0 Å². The summed E-state index contributed by atoms with van der Waals surface area (Å²) in [6, 6.07) is 13.0. The number of benzene rings is 2. The van der Waals surface area contributed by atoms with E-state index in [2.05, 4.69) is 15.9 Å². The molecule has 1 aliphatic heterocycles. The van der Waals surface area contributed by atoms with Gasteiger partial charge in [-0.3, -0.25) is 9.80 Å². The fourth-order valence-electron chi connectivity index (χ4n) is 3.07. The van der Waals surface area contributed by atoms with Crippen LogP contribution in [-0.4, -0.2) is 55.7 Å². The number of ether oxygens (including phenoxy) is 1. The van der Waals surface area contributed by atoms with Gasteiger partial charge in [-0.05, 0) is 35.4 Å². The second kappa shape index (κ2) is 10.3. The van der Waals surface area contributed by atoms with Gasteiger partial charge >= 0.3 is 0 Å². The molecule has 144 valence electrons. The van der Waals surface area contributed by atoms with Crippen LogP contribution in [0.1, 0.15) is 11.1 Å². The summed E-state index contributed by atoms with van der Waals surface area (Å²) in [4.78, 5) is 4.82. The highest BCUT2D eigenvalue weighted by atomic mass is 19.1. The smallest absolute Gasteiger partial charge is 0.123 e. The summed E-state index contributed by atoms with van der Waals surface area (Å²) in [5.74, 6) is -0.422. The third kappa shape index (κ3) is 6.86. The quantitative estimate of drug-likeness (QED) is 0.656. The Hall–Kier alpha value is -2.08. The highest BCUT2D eigenvalue weighted by molar-refractivity contribution is 5.48. The van der Waals surface area contributed by atoms with Crippen molar-refractivity contribution in [2.75, 3.05) is 45.9 Å². The van der Waals surface area contributed by atoms with Gasteiger partial charge in [0.2, 0.25) is 0 Å². The summed E-state index contributed by atoms with van der Waals surface area (Å²) in [5.41, 5.74) is 2.02. The lowest BCUT2D eigenvalue weighted by atomic mass is 10.2. The van der Waals surface area contributed by atoms with Gasteiger partial charge in [-0.25, -0.2) is 8.78 Å². The van der Waals surface area contributed by atoms with Gasteiger partial charge in [0.15, 0.2) is 0 Å². The van der Waals surface area contributed by atoms with Crippen LogP contribution in [0.5, 0.6) is 0 Å². The van der Waals surface area contributed by atoms with E-state index in [1.54, 1.807) is 24.3 Å². The fraction of sp³-hybridized carbons (Fsp3) is 0.364. The first kappa shape index (κ1) is 19.7. The van der Waals surface area contributed by atoms with E-state index in [0.29, 0.717) is 13.2 Å². The number of halogens is 2. The van der Waals surface area contributed by atoms with Gasteiger partial charge in [-0.2, -0.15) is 0 Å². The zero-order valence-electron chi connectivity index (χ0n) is 15.5. The predicted molar refractivity (Wildman–Crippen MR) is 104 cm³/mol. The molecule has 5 heteroatoms. The molecule has 0 atom stereocenters. The Bertz CT molecular complexity index is 708. The number of hydrogen-bond donors (Lipinski definition) is 0. The second-order valence-corrected chi connectivity index (χ2v) is 6.78. The minimum Gasteiger partial charge on any atom is -0.375 e. The molecule has 0 spiro atoms. The number of rotatable bonds is 8. The Labute approximate surface area is 159 Å². The maximum atomic E-state index is 12.9. The molecule has 3 nitrogen and oxygen atoms in total. The number of nitrogens with zero attached hydrogens (tertiary/aromatic N) is 2. The summed E-state index contributed by atoms with van der Waals surface area (Å²) < 4.78 is 31.4. The van der Waals surface area contributed by atoms with Crippen molar-refractivity contribution in [2.45, 2.75) is 6.61 Å². The first-order valence-electron chi connectivity index (χ1n) is 9.38. The molecule has 1 heterocycles. The van der Waals surface area contributed by atoms with Crippen molar-refractivity contribution in [3.8, 4) is 0 Å². The number of hydrogen-bond acceptors (Lipinski definition) is 3. The Morgan fingerprint density at radius 1 is 0.815 bits per heavy atom. The Balaban J connectivity index is 1.28. The van der Waals surface area contributed by atoms with E-state index in [0.717, 1.165) is 50.4 Å². The lowest BCUT2D eigenvalue weighted by Crippen LogP contribution is -2.47. The van der Waals surface area contributed by atoms with E-state index in [9.17, 15) is 8.78 Å². The van der Waals surface area contributed by atoms with Crippen molar-refractivity contribution in [2.24, 2.45) is 0 Å². The van der Waals surface area contributed by atoms with E-state index in [4.69, 9.17) is 4.74 Å². The van der Waals surface area contributed by atoms with Crippen LogP contribution in [0.15, 0.2) is 54.6 Å². The average Bonchev–Trinajstić information content (AvgIpc) is 2.69. The summed E-state index contributed by atoms with van der Waals surface area (Å²) in [5, 5.41) is 0. The third-order valence-corrected chi connectivity index (χ3v) is 4.74. The average molecular weight is 372 g/mol. The van der Waals surface area contributed by atoms with Gasteiger partial charge in [0.05, 0.1) is 13.2 Å². The van der Waals surface area contributed by atoms with E-state index in [1.807, 2.05) is 6.08 Å². The zero-order valence-corrected chi connectivity index (χ0v) is 15.5. The molecule has 3 rings (SSSR count). The molecular weight excluding hydrogens is 346 g/mol. The lowest BCUT2D eigenvalue weighted by Gasteiger charge is -2.34. The third-order valence-electron chi connectivity index (χ3n) is 4.74. The molecule has 0 saturated carbocycles. The molecule has 2 aromatic rings. The molecule has 0 radical (unpaired) electrons. The minimum absolute atomic E-state index is 0.204. The molecule has 1 aliphatic rings. The highest BCUT2D eigenvalue weighted by Gasteiger charge is 2.15. The summed E-state index contributed by atoms with van der Waals surface area (Å²) in [6.45, 7) is 7.16. The van der Waals surface area contributed by atoms with Crippen molar-refractivity contribution < 1.29 is 13.5 Å². The SMILES string of the molecule is Fc1ccc(C=CCN2CCN(CCOCc3ccc(F)cc3)CC2)cc1. The van der Waals surface area contributed by atoms with Gasteiger partial charge in [0.1, 0.15) is 11.6 Å². The largest absolute Gasteiger partial charge is 0.375 e. The molecule has 0 aliphatic carbocycles. The van der Waals surface area contributed by atoms with Crippen LogP contribution in [0.25, 0.3) is 6.08 Å². The van der Waals surface area contributed by atoms with Crippen LogP contribution in [0.3, 0.4) is 0 Å². The van der Waals surface area contributed by atoms with Crippen molar-refractivity contribution >= 4 is 6.08 Å². The molecule has 1 fully saturated rings.